The first-order valence-corrected chi connectivity index (χ1v) is 11.9. The van der Waals surface area contributed by atoms with Crippen LogP contribution in [0.5, 0.6) is 0 Å². The SMILES string of the molecule is CC([Si])(O[Si](C)(C)C)O[Si](C)(C)C. The molecule has 0 aromatic carbocycles. The van der Waals surface area contributed by atoms with E-state index in [1.807, 2.05) is 6.92 Å². The lowest BCUT2D eigenvalue weighted by atomic mass is 10.8. The van der Waals surface area contributed by atoms with Gasteiger partial charge < -0.3 is 8.85 Å². The molecule has 0 aliphatic rings. The summed E-state index contributed by atoms with van der Waals surface area (Å²) in [5.74, 6) is 0. The first-order valence-electron chi connectivity index (χ1n) is 4.57. The molecule has 0 rings (SSSR count). The molecule has 3 radical (unpaired) electrons. The van der Waals surface area contributed by atoms with E-state index in [0.29, 0.717) is 0 Å². The van der Waals surface area contributed by atoms with Crippen molar-refractivity contribution in [3.63, 3.8) is 0 Å². The predicted octanol–water partition coefficient (Wildman–Crippen LogP) is 2.53. The zero-order valence-electron chi connectivity index (χ0n) is 9.82. The van der Waals surface area contributed by atoms with Crippen LogP contribution in [0.2, 0.25) is 39.3 Å². The summed E-state index contributed by atoms with van der Waals surface area (Å²) in [6.07, 6.45) is 0. The monoisotopic (exact) mass is 233 g/mol. The molecule has 0 unspecified atom stereocenters. The normalized spacial score (nSPS) is 14.8. The lowest BCUT2D eigenvalue weighted by Gasteiger charge is -2.37. The molecule has 0 bridgehead atoms. The van der Waals surface area contributed by atoms with Crippen LogP contribution in [0.1, 0.15) is 6.92 Å². The van der Waals surface area contributed by atoms with Gasteiger partial charge in [0.25, 0.3) is 0 Å². The second-order valence-corrected chi connectivity index (χ2v) is 15.1. The van der Waals surface area contributed by atoms with E-state index in [1.54, 1.807) is 0 Å². The Morgan fingerprint density at radius 3 is 1.23 bits per heavy atom. The lowest BCUT2D eigenvalue weighted by molar-refractivity contribution is -0.0350. The van der Waals surface area contributed by atoms with Crippen molar-refractivity contribution in [2.45, 2.75) is 51.6 Å². The van der Waals surface area contributed by atoms with E-state index in [2.05, 4.69) is 49.5 Å². The Hall–Kier alpha value is 0.571. The van der Waals surface area contributed by atoms with Crippen LogP contribution in [0.15, 0.2) is 0 Å². The van der Waals surface area contributed by atoms with Crippen LogP contribution in [0.25, 0.3) is 0 Å². The zero-order chi connectivity index (χ0) is 10.9. The van der Waals surface area contributed by atoms with Gasteiger partial charge in [-0.2, -0.15) is 0 Å². The van der Waals surface area contributed by atoms with Gasteiger partial charge in [-0.15, -0.1) is 0 Å². The van der Waals surface area contributed by atoms with E-state index in [0.717, 1.165) is 0 Å². The Kier molecular flexibility index (Phi) is 4.15. The van der Waals surface area contributed by atoms with Gasteiger partial charge in [0.2, 0.25) is 0 Å². The summed E-state index contributed by atoms with van der Waals surface area (Å²) in [4.78, 5) is 0. The molecule has 0 amide bonds. The number of hydrogen-bond acceptors (Lipinski definition) is 2. The van der Waals surface area contributed by atoms with Gasteiger partial charge in [0.1, 0.15) is 15.7 Å². The summed E-state index contributed by atoms with van der Waals surface area (Å²) < 4.78 is 11.7. The van der Waals surface area contributed by atoms with E-state index in [9.17, 15) is 0 Å². The topological polar surface area (TPSA) is 18.5 Å². The standard InChI is InChI=1S/C8H21O2Si3/c1-8(11,9-12(2,3)4)10-13(5,6)7/h1-7H3. The lowest BCUT2D eigenvalue weighted by Crippen LogP contribution is -2.48. The summed E-state index contributed by atoms with van der Waals surface area (Å²) >= 11 is 0. The summed E-state index contributed by atoms with van der Waals surface area (Å²) in [7, 11) is 0.445. The van der Waals surface area contributed by atoms with E-state index in [4.69, 9.17) is 8.85 Å². The third-order valence-corrected chi connectivity index (χ3v) is 3.62. The first-order chi connectivity index (χ1) is 5.41. The molecule has 0 aromatic rings. The highest BCUT2D eigenvalue weighted by molar-refractivity contribution is 6.71. The van der Waals surface area contributed by atoms with Gasteiger partial charge in [-0.25, -0.2) is 0 Å². The average molecular weight is 234 g/mol. The van der Waals surface area contributed by atoms with Crippen molar-refractivity contribution in [3.05, 3.63) is 0 Å². The van der Waals surface area contributed by atoms with Gasteiger partial charge in [0.05, 0.1) is 0 Å². The summed E-state index contributed by atoms with van der Waals surface area (Å²) in [6, 6.07) is 0. The second-order valence-electron chi connectivity index (χ2n) is 5.37. The van der Waals surface area contributed by atoms with Crippen LogP contribution in [0.4, 0.5) is 0 Å². The van der Waals surface area contributed by atoms with Gasteiger partial charge in [-0.3, -0.25) is 0 Å². The molecule has 5 heteroatoms. The first kappa shape index (κ1) is 13.6. The third kappa shape index (κ3) is 8.89. The molecule has 0 fully saturated rings. The molecule has 77 valence electrons. The molecule has 13 heavy (non-hydrogen) atoms. The zero-order valence-corrected chi connectivity index (χ0v) is 12.8. The average Bonchev–Trinajstić information content (AvgIpc) is 1.43. The second kappa shape index (κ2) is 3.98. The molecule has 0 spiro atoms. The van der Waals surface area contributed by atoms with Crippen LogP contribution in [-0.4, -0.2) is 32.3 Å². The van der Waals surface area contributed by atoms with Crippen LogP contribution >= 0.6 is 0 Å². The molecule has 0 atom stereocenters. The van der Waals surface area contributed by atoms with Crippen LogP contribution in [0, 0.1) is 0 Å². The highest BCUT2D eigenvalue weighted by Gasteiger charge is 2.32. The number of hydrogen-bond donors (Lipinski definition) is 0. The van der Waals surface area contributed by atoms with Crippen molar-refractivity contribution in [2.24, 2.45) is 0 Å². The minimum absolute atomic E-state index is 0.602. The molecule has 2 nitrogen and oxygen atoms in total. The Labute approximate surface area is 87.7 Å². The van der Waals surface area contributed by atoms with Crippen molar-refractivity contribution < 1.29 is 8.85 Å². The van der Waals surface area contributed by atoms with Crippen LogP contribution < -0.4 is 0 Å². The maximum absolute atomic E-state index is 5.87. The minimum Gasteiger partial charge on any atom is -0.396 e. The van der Waals surface area contributed by atoms with Gasteiger partial charge in [0, 0.05) is 0 Å². The third-order valence-electron chi connectivity index (χ3n) is 1.00. The summed E-state index contributed by atoms with van der Waals surface area (Å²) in [5, 5.41) is 0. The quantitative estimate of drug-likeness (QED) is 0.549. The van der Waals surface area contributed by atoms with Crippen LogP contribution in [0.3, 0.4) is 0 Å². The highest BCUT2D eigenvalue weighted by atomic mass is 28.4. The molecule has 0 aliphatic carbocycles. The number of rotatable bonds is 4. The molecule has 0 aromatic heterocycles. The van der Waals surface area contributed by atoms with Crippen molar-refractivity contribution >= 4 is 26.9 Å². The van der Waals surface area contributed by atoms with E-state index in [-0.39, 0.29) is 0 Å². The predicted molar refractivity (Wildman–Crippen MR) is 63.0 cm³/mol. The smallest absolute Gasteiger partial charge is 0.187 e. The van der Waals surface area contributed by atoms with Gasteiger partial charge >= 0.3 is 0 Å². The molecule has 0 saturated heterocycles. The van der Waals surface area contributed by atoms with Crippen molar-refractivity contribution in [3.8, 4) is 0 Å². The molecular formula is C8H21O2Si3. The minimum atomic E-state index is -1.54. The Balaban J connectivity index is 4.25. The Morgan fingerprint density at radius 1 is 0.846 bits per heavy atom. The largest absolute Gasteiger partial charge is 0.396 e. The van der Waals surface area contributed by atoms with E-state index < -0.39 is 22.0 Å². The Bertz CT molecular complexity index is 149. The fourth-order valence-corrected chi connectivity index (χ4v) is 5.53. The van der Waals surface area contributed by atoms with E-state index >= 15 is 0 Å². The van der Waals surface area contributed by atoms with Gasteiger partial charge in [-0.05, 0) is 46.2 Å². The highest BCUT2D eigenvalue weighted by Crippen LogP contribution is 2.20. The van der Waals surface area contributed by atoms with Gasteiger partial charge in [0.15, 0.2) is 16.6 Å². The van der Waals surface area contributed by atoms with Gasteiger partial charge in [-0.1, -0.05) is 0 Å². The Morgan fingerprint density at radius 2 is 1.08 bits per heavy atom. The molecular weight excluding hydrogens is 212 g/mol. The molecule has 0 aliphatic heterocycles. The molecule has 0 saturated carbocycles. The molecule has 0 N–H and O–H groups in total. The maximum Gasteiger partial charge on any atom is 0.187 e. The fourth-order valence-electron chi connectivity index (χ4n) is 1.19. The van der Waals surface area contributed by atoms with Crippen molar-refractivity contribution in [1.29, 1.82) is 0 Å². The summed E-state index contributed by atoms with van der Waals surface area (Å²) in [6.45, 7) is 14.8. The van der Waals surface area contributed by atoms with Crippen molar-refractivity contribution in [2.75, 3.05) is 0 Å². The van der Waals surface area contributed by atoms with Crippen molar-refractivity contribution in [1.82, 2.24) is 0 Å². The van der Waals surface area contributed by atoms with Crippen LogP contribution in [-0.2, 0) is 8.85 Å². The fraction of sp³-hybridized carbons (Fsp3) is 1.00. The van der Waals surface area contributed by atoms with E-state index in [1.165, 1.54) is 0 Å². The maximum atomic E-state index is 5.87. The molecule has 0 heterocycles. The summed E-state index contributed by atoms with van der Waals surface area (Å²) in [5.41, 5.74) is -0.602.